The van der Waals surface area contributed by atoms with E-state index in [9.17, 15) is 0 Å². The molecule has 0 bridgehead atoms. The molecule has 0 radical (unpaired) electrons. The monoisotopic (exact) mass is 447 g/mol. The van der Waals surface area contributed by atoms with Crippen LogP contribution in [-0.4, -0.2) is 43.8 Å². The Morgan fingerprint density at radius 1 is 1.16 bits per heavy atom. The van der Waals surface area contributed by atoms with Gasteiger partial charge in [-0.05, 0) is 81.2 Å². The Morgan fingerprint density at radius 2 is 2.03 bits per heavy atom. The van der Waals surface area contributed by atoms with Gasteiger partial charge in [0.25, 0.3) is 0 Å². The van der Waals surface area contributed by atoms with E-state index in [1.807, 2.05) is 24.5 Å². The first-order chi connectivity index (χ1) is 15.5. The van der Waals surface area contributed by atoms with E-state index in [2.05, 4.69) is 69.8 Å². The van der Waals surface area contributed by atoms with E-state index in [0.29, 0.717) is 0 Å². The Hall–Kier alpha value is -2.77. The number of pyridine rings is 2. The van der Waals surface area contributed by atoms with Gasteiger partial charge in [-0.3, -0.25) is 4.98 Å². The fourth-order valence-corrected chi connectivity index (χ4v) is 5.30. The molecule has 6 nitrogen and oxygen atoms in total. The maximum atomic E-state index is 5.97. The Bertz CT molecular complexity index is 1110. The smallest absolute Gasteiger partial charge is 0.170 e. The van der Waals surface area contributed by atoms with Crippen molar-refractivity contribution >= 4 is 17.3 Å². The van der Waals surface area contributed by atoms with Crippen LogP contribution in [-0.2, 0) is 4.74 Å². The predicted octanol–water partition coefficient (Wildman–Crippen LogP) is 4.34. The van der Waals surface area contributed by atoms with Crippen LogP contribution in [0.1, 0.15) is 53.1 Å². The summed E-state index contributed by atoms with van der Waals surface area (Å²) in [5.74, 6) is 0.936. The average molecular weight is 448 g/mol. The van der Waals surface area contributed by atoms with Crippen molar-refractivity contribution < 1.29 is 4.74 Å². The Kier molecular flexibility index (Phi) is 5.69. The molecule has 0 aliphatic carbocycles. The van der Waals surface area contributed by atoms with Gasteiger partial charge in [-0.2, -0.15) is 0 Å². The Labute approximate surface area is 194 Å². The van der Waals surface area contributed by atoms with Crippen LogP contribution in [0.2, 0.25) is 0 Å². The maximum Gasteiger partial charge on any atom is 0.170 e. The van der Waals surface area contributed by atoms with E-state index in [1.165, 1.54) is 11.3 Å². The van der Waals surface area contributed by atoms with Crippen molar-refractivity contribution in [3.63, 3.8) is 0 Å². The molecule has 3 atom stereocenters. The van der Waals surface area contributed by atoms with E-state index in [0.717, 1.165) is 53.9 Å². The highest BCUT2D eigenvalue weighted by molar-refractivity contribution is 7.80. The first-order valence-electron chi connectivity index (χ1n) is 11.2. The van der Waals surface area contributed by atoms with Gasteiger partial charge in [0.2, 0.25) is 0 Å². The van der Waals surface area contributed by atoms with Crippen molar-refractivity contribution in [3.8, 4) is 5.82 Å². The SMILES string of the molecule is Cc1ccc(-n2c(C)cc([C@@H]3[C@H](c4ccccn4)NC(=S)N3C[C@H]3CCCO3)c2C)nc1. The minimum Gasteiger partial charge on any atom is -0.376 e. The molecular formula is C25H29N5OS. The Morgan fingerprint density at radius 3 is 2.72 bits per heavy atom. The zero-order chi connectivity index (χ0) is 22.2. The molecule has 0 saturated carbocycles. The predicted molar refractivity (Wildman–Crippen MR) is 129 cm³/mol. The van der Waals surface area contributed by atoms with Crippen LogP contribution in [0, 0.1) is 20.8 Å². The maximum absolute atomic E-state index is 5.97. The summed E-state index contributed by atoms with van der Waals surface area (Å²) in [7, 11) is 0. The van der Waals surface area contributed by atoms with Crippen molar-refractivity contribution in [3.05, 3.63) is 77.0 Å². The van der Waals surface area contributed by atoms with E-state index in [4.69, 9.17) is 17.0 Å². The molecule has 3 aromatic rings. The third-order valence-electron chi connectivity index (χ3n) is 6.54. The second-order valence-corrected chi connectivity index (χ2v) is 9.16. The second kappa shape index (κ2) is 8.64. The van der Waals surface area contributed by atoms with E-state index >= 15 is 0 Å². The standard InChI is InChI=1S/C25H29N5OS/c1-16-9-10-22(27-14-16)30-17(2)13-20(18(30)3)24-23(21-8-4-5-11-26-21)28-25(32)29(24)15-19-7-6-12-31-19/h4-5,8-11,13-14,19,23-24H,6-7,12,15H2,1-3H3,(H,28,32)/t19-,23+,24-/m1/s1. The number of nitrogens with zero attached hydrogens (tertiary/aromatic N) is 4. The van der Waals surface area contributed by atoms with Gasteiger partial charge >= 0.3 is 0 Å². The van der Waals surface area contributed by atoms with Gasteiger partial charge in [0.1, 0.15) is 5.82 Å². The van der Waals surface area contributed by atoms with Gasteiger partial charge in [-0.1, -0.05) is 12.1 Å². The lowest BCUT2D eigenvalue weighted by Crippen LogP contribution is -2.36. The van der Waals surface area contributed by atoms with Crippen LogP contribution < -0.4 is 5.32 Å². The topological polar surface area (TPSA) is 55.2 Å². The highest BCUT2D eigenvalue weighted by atomic mass is 32.1. The van der Waals surface area contributed by atoms with Gasteiger partial charge in [-0.25, -0.2) is 4.98 Å². The van der Waals surface area contributed by atoms with Crippen LogP contribution in [0.4, 0.5) is 0 Å². The number of aromatic nitrogens is 3. The van der Waals surface area contributed by atoms with Gasteiger partial charge in [0.05, 0.1) is 23.9 Å². The highest BCUT2D eigenvalue weighted by Gasteiger charge is 2.42. The number of ether oxygens (including phenoxy) is 1. The summed E-state index contributed by atoms with van der Waals surface area (Å²) in [6, 6.07) is 12.5. The molecule has 5 rings (SSSR count). The van der Waals surface area contributed by atoms with Crippen LogP contribution >= 0.6 is 12.2 Å². The number of thiocarbonyl (C=S) groups is 1. The summed E-state index contributed by atoms with van der Waals surface area (Å²) in [5.41, 5.74) is 5.72. The number of nitrogens with one attached hydrogen (secondary N) is 1. The molecule has 32 heavy (non-hydrogen) atoms. The average Bonchev–Trinajstić information content (AvgIpc) is 3.49. The molecule has 2 saturated heterocycles. The lowest BCUT2D eigenvalue weighted by Gasteiger charge is -2.30. The zero-order valence-electron chi connectivity index (χ0n) is 18.8. The number of hydrogen-bond acceptors (Lipinski definition) is 4. The molecule has 2 fully saturated rings. The molecule has 7 heteroatoms. The molecular weight excluding hydrogens is 418 g/mol. The highest BCUT2D eigenvalue weighted by Crippen LogP contribution is 2.41. The van der Waals surface area contributed by atoms with Gasteiger partial charge in [-0.15, -0.1) is 0 Å². The number of aryl methyl sites for hydroxylation is 2. The van der Waals surface area contributed by atoms with Crippen molar-refractivity contribution in [2.75, 3.05) is 13.2 Å². The lowest BCUT2D eigenvalue weighted by atomic mass is 9.96. The minimum atomic E-state index is -0.0231. The van der Waals surface area contributed by atoms with Crippen molar-refractivity contribution in [1.82, 2.24) is 24.8 Å². The number of rotatable bonds is 5. The first kappa shape index (κ1) is 21.1. The van der Waals surface area contributed by atoms with Crippen LogP contribution in [0.3, 0.4) is 0 Å². The van der Waals surface area contributed by atoms with E-state index in [1.54, 1.807) is 0 Å². The molecule has 5 heterocycles. The summed E-state index contributed by atoms with van der Waals surface area (Å²) in [6.07, 6.45) is 6.16. The molecule has 3 aromatic heterocycles. The molecule has 0 unspecified atom stereocenters. The largest absolute Gasteiger partial charge is 0.376 e. The summed E-state index contributed by atoms with van der Waals surface area (Å²) >= 11 is 5.83. The van der Waals surface area contributed by atoms with Crippen LogP contribution in [0.5, 0.6) is 0 Å². The number of hydrogen-bond donors (Lipinski definition) is 1. The lowest BCUT2D eigenvalue weighted by molar-refractivity contribution is 0.0842. The first-order valence-corrected chi connectivity index (χ1v) is 11.7. The molecule has 2 aliphatic heterocycles. The molecule has 1 N–H and O–H groups in total. The molecule has 0 spiro atoms. The third kappa shape index (κ3) is 3.80. The minimum absolute atomic E-state index is 0.0231. The molecule has 0 aromatic carbocycles. The Balaban J connectivity index is 1.58. The van der Waals surface area contributed by atoms with Crippen molar-refractivity contribution in [1.29, 1.82) is 0 Å². The fourth-order valence-electron chi connectivity index (χ4n) is 4.98. The normalized spacial score (nSPS) is 23.0. The summed E-state index contributed by atoms with van der Waals surface area (Å²) in [4.78, 5) is 11.6. The van der Waals surface area contributed by atoms with Crippen LogP contribution in [0.15, 0.2) is 48.8 Å². The molecule has 0 amide bonds. The second-order valence-electron chi connectivity index (χ2n) is 8.77. The molecule has 166 valence electrons. The van der Waals surface area contributed by atoms with E-state index in [-0.39, 0.29) is 18.2 Å². The third-order valence-corrected chi connectivity index (χ3v) is 6.89. The summed E-state index contributed by atoms with van der Waals surface area (Å²) in [5, 5.41) is 4.32. The summed E-state index contributed by atoms with van der Waals surface area (Å²) < 4.78 is 8.20. The zero-order valence-corrected chi connectivity index (χ0v) is 19.6. The van der Waals surface area contributed by atoms with Crippen LogP contribution in [0.25, 0.3) is 5.82 Å². The molecule has 2 aliphatic rings. The summed E-state index contributed by atoms with van der Waals surface area (Å²) in [6.45, 7) is 7.99. The van der Waals surface area contributed by atoms with Gasteiger partial charge in [0, 0.05) is 36.9 Å². The van der Waals surface area contributed by atoms with Gasteiger partial charge < -0.3 is 19.5 Å². The van der Waals surface area contributed by atoms with Crippen molar-refractivity contribution in [2.24, 2.45) is 0 Å². The quantitative estimate of drug-likeness (QED) is 0.587. The van der Waals surface area contributed by atoms with Gasteiger partial charge in [0.15, 0.2) is 5.11 Å². The van der Waals surface area contributed by atoms with E-state index < -0.39 is 0 Å². The van der Waals surface area contributed by atoms with Crippen molar-refractivity contribution in [2.45, 2.75) is 51.8 Å². The fraction of sp³-hybridized carbons (Fsp3) is 0.400.